The lowest BCUT2D eigenvalue weighted by Gasteiger charge is -2.25. The van der Waals surface area contributed by atoms with Crippen LogP contribution >= 0.6 is 0 Å². The molecule has 0 bridgehead atoms. The van der Waals surface area contributed by atoms with Crippen LogP contribution in [0.5, 0.6) is 11.5 Å². The second-order valence-electron chi connectivity index (χ2n) is 8.16. The summed E-state index contributed by atoms with van der Waals surface area (Å²) in [5.74, 6) is -1.00. The number of carbonyl (C=O) groups is 3. The van der Waals surface area contributed by atoms with Crippen LogP contribution in [0.1, 0.15) is 48.0 Å². The van der Waals surface area contributed by atoms with Crippen LogP contribution in [0.2, 0.25) is 0 Å². The molecule has 0 aliphatic heterocycles. The average Bonchev–Trinajstić information content (AvgIpc) is 2.83. The van der Waals surface area contributed by atoms with Crippen molar-refractivity contribution < 1.29 is 24.2 Å². The smallest absolute Gasteiger partial charge is 0.247 e. The summed E-state index contributed by atoms with van der Waals surface area (Å²) in [5, 5.41) is 13.1. The minimum Gasteiger partial charge on any atom is -0.507 e. The van der Waals surface area contributed by atoms with Gasteiger partial charge in [0.2, 0.25) is 11.8 Å². The largest absolute Gasteiger partial charge is 0.507 e. The molecule has 2 aromatic rings. The standard InChI is InChI=1S/C26H30N2O5/c1-33-21-12-13-22(24(30)16-21)23(29)14-15-26(32)28(17-19-8-4-2-5-9-19)18-25(31)27-20-10-6-3-7-11-20/h2,4-5,8-9,12-16,20,30H,3,6-7,10-11,17-18H2,1H3,(H,27,31)/b15-14+. The van der Waals surface area contributed by atoms with Crippen molar-refractivity contribution >= 4 is 17.6 Å². The number of phenolic OH excluding ortho intramolecular Hbond substituents is 1. The van der Waals surface area contributed by atoms with E-state index >= 15 is 0 Å². The highest BCUT2D eigenvalue weighted by molar-refractivity contribution is 6.09. The van der Waals surface area contributed by atoms with Crippen molar-refractivity contribution in [3.8, 4) is 11.5 Å². The van der Waals surface area contributed by atoms with Crippen molar-refractivity contribution in [2.45, 2.75) is 44.7 Å². The Bertz CT molecular complexity index is 997. The summed E-state index contributed by atoms with van der Waals surface area (Å²) in [5.41, 5.74) is 0.938. The van der Waals surface area contributed by atoms with Gasteiger partial charge in [0.25, 0.3) is 0 Å². The Balaban J connectivity index is 1.69. The van der Waals surface area contributed by atoms with Gasteiger partial charge in [0.1, 0.15) is 18.0 Å². The second-order valence-corrected chi connectivity index (χ2v) is 8.16. The lowest BCUT2D eigenvalue weighted by atomic mass is 9.95. The minimum absolute atomic E-state index is 0.0597. The molecule has 0 spiro atoms. The molecule has 2 amide bonds. The van der Waals surface area contributed by atoms with Gasteiger partial charge in [-0.25, -0.2) is 0 Å². The molecule has 7 nitrogen and oxygen atoms in total. The van der Waals surface area contributed by atoms with Gasteiger partial charge in [0, 0.05) is 24.7 Å². The maximum absolute atomic E-state index is 12.9. The van der Waals surface area contributed by atoms with Crippen molar-refractivity contribution in [3.05, 3.63) is 71.8 Å². The van der Waals surface area contributed by atoms with Crippen molar-refractivity contribution in [1.29, 1.82) is 0 Å². The summed E-state index contributed by atoms with van der Waals surface area (Å²) in [7, 11) is 1.46. The van der Waals surface area contributed by atoms with Gasteiger partial charge in [-0.15, -0.1) is 0 Å². The molecule has 3 rings (SSSR count). The molecule has 0 radical (unpaired) electrons. The zero-order chi connectivity index (χ0) is 23.6. The average molecular weight is 451 g/mol. The maximum Gasteiger partial charge on any atom is 0.247 e. The fourth-order valence-corrected chi connectivity index (χ4v) is 3.90. The van der Waals surface area contributed by atoms with Crippen molar-refractivity contribution in [2.24, 2.45) is 0 Å². The topological polar surface area (TPSA) is 95.9 Å². The SMILES string of the molecule is COc1ccc(C(=O)/C=C/C(=O)N(CC(=O)NC2CCCCC2)Cc2ccccc2)c(O)c1. The Morgan fingerprint density at radius 3 is 2.45 bits per heavy atom. The van der Waals surface area contributed by atoms with Crippen LogP contribution in [0, 0.1) is 0 Å². The summed E-state index contributed by atoms with van der Waals surface area (Å²) in [4.78, 5) is 39.5. The fraction of sp³-hybridized carbons (Fsp3) is 0.346. The van der Waals surface area contributed by atoms with Crippen LogP contribution in [0.15, 0.2) is 60.7 Å². The van der Waals surface area contributed by atoms with Gasteiger partial charge >= 0.3 is 0 Å². The Labute approximate surface area is 194 Å². The van der Waals surface area contributed by atoms with E-state index in [4.69, 9.17) is 4.74 Å². The first-order chi connectivity index (χ1) is 16.0. The van der Waals surface area contributed by atoms with Gasteiger partial charge in [-0.3, -0.25) is 14.4 Å². The lowest BCUT2D eigenvalue weighted by Crippen LogP contribution is -2.44. The molecular formula is C26H30N2O5. The summed E-state index contributed by atoms with van der Waals surface area (Å²) in [6, 6.07) is 13.8. The van der Waals surface area contributed by atoms with E-state index in [0.29, 0.717) is 5.75 Å². The number of nitrogens with one attached hydrogen (secondary N) is 1. The van der Waals surface area contributed by atoms with Gasteiger partial charge < -0.3 is 20.1 Å². The van der Waals surface area contributed by atoms with E-state index in [1.54, 1.807) is 6.07 Å². The van der Waals surface area contributed by atoms with Crippen molar-refractivity contribution in [3.63, 3.8) is 0 Å². The molecule has 1 aliphatic carbocycles. The lowest BCUT2D eigenvalue weighted by molar-refractivity contribution is -0.133. The van der Waals surface area contributed by atoms with E-state index in [9.17, 15) is 19.5 Å². The number of hydrogen-bond acceptors (Lipinski definition) is 5. The Morgan fingerprint density at radius 1 is 1.06 bits per heavy atom. The van der Waals surface area contributed by atoms with Crippen LogP contribution < -0.4 is 10.1 Å². The van der Waals surface area contributed by atoms with Gasteiger partial charge in [-0.05, 0) is 36.6 Å². The summed E-state index contributed by atoms with van der Waals surface area (Å²) >= 11 is 0. The highest BCUT2D eigenvalue weighted by Crippen LogP contribution is 2.24. The number of phenols is 1. The third kappa shape index (κ3) is 7.20. The number of ketones is 1. The molecule has 1 saturated carbocycles. The number of allylic oxidation sites excluding steroid dienone is 1. The number of benzene rings is 2. The number of rotatable bonds is 9. The predicted octanol–water partition coefficient (Wildman–Crippen LogP) is 3.62. The third-order valence-corrected chi connectivity index (χ3v) is 5.68. The predicted molar refractivity (Wildman–Crippen MR) is 125 cm³/mol. The van der Waals surface area contributed by atoms with Crippen molar-refractivity contribution in [1.82, 2.24) is 10.2 Å². The summed E-state index contributed by atoms with van der Waals surface area (Å²) in [6.45, 7) is 0.140. The molecule has 0 heterocycles. The normalized spacial score (nSPS) is 14.1. The van der Waals surface area contributed by atoms with Crippen LogP contribution in [0.4, 0.5) is 0 Å². The summed E-state index contributed by atoms with van der Waals surface area (Å²) in [6.07, 6.45) is 7.55. The van der Waals surface area contributed by atoms with Crippen molar-refractivity contribution in [2.75, 3.05) is 13.7 Å². The number of carbonyl (C=O) groups excluding carboxylic acids is 3. The number of aromatic hydroxyl groups is 1. The van der Waals surface area contributed by atoms with Gasteiger partial charge in [-0.2, -0.15) is 0 Å². The number of hydrogen-bond donors (Lipinski definition) is 2. The van der Waals surface area contributed by atoms with E-state index in [1.165, 1.54) is 30.6 Å². The first kappa shape index (κ1) is 24.0. The molecule has 1 aliphatic rings. The summed E-state index contributed by atoms with van der Waals surface area (Å²) < 4.78 is 5.02. The molecule has 2 aromatic carbocycles. The molecule has 2 N–H and O–H groups in total. The first-order valence-corrected chi connectivity index (χ1v) is 11.2. The Kier molecular flexibility index (Phi) is 8.63. The van der Waals surface area contributed by atoms with E-state index in [2.05, 4.69) is 5.32 Å². The molecule has 0 saturated heterocycles. The quantitative estimate of drug-likeness (QED) is 0.449. The van der Waals surface area contributed by atoms with Crippen LogP contribution in [-0.2, 0) is 16.1 Å². The van der Waals surface area contributed by atoms with Crippen LogP contribution in [0.25, 0.3) is 0 Å². The zero-order valence-electron chi connectivity index (χ0n) is 18.8. The molecule has 0 aromatic heterocycles. The molecular weight excluding hydrogens is 420 g/mol. The second kappa shape index (κ2) is 11.9. The van der Waals surface area contributed by atoms with Gasteiger partial charge in [-0.1, -0.05) is 49.6 Å². The molecule has 0 unspecified atom stereocenters. The Morgan fingerprint density at radius 2 is 1.79 bits per heavy atom. The number of amides is 2. The van der Waals surface area contributed by atoms with E-state index in [1.807, 2.05) is 30.3 Å². The molecule has 0 atom stereocenters. The number of ether oxygens (including phenoxy) is 1. The molecule has 33 heavy (non-hydrogen) atoms. The number of methoxy groups -OCH3 is 1. The van der Waals surface area contributed by atoms with E-state index in [-0.39, 0.29) is 36.4 Å². The zero-order valence-corrected chi connectivity index (χ0v) is 18.8. The molecule has 7 heteroatoms. The Hall–Kier alpha value is -3.61. The molecule has 174 valence electrons. The highest BCUT2D eigenvalue weighted by Gasteiger charge is 2.20. The number of nitrogens with zero attached hydrogens (tertiary/aromatic N) is 1. The maximum atomic E-state index is 12.9. The molecule has 1 fully saturated rings. The van der Waals surface area contributed by atoms with Gasteiger partial charge in [0.05, 0.1) is 12.7 Å². The van der Waals surface area contributed by atoms with Gasteiger partial charge in [0.15, 0.2) is 5.78 Å². The fourth-order valence-electron chi connectivity index (χ4n) is 3.90. The highest BCUT2D eigenvalue weighted by atomic mass is 16.5. The van der Waals surface area contributed by atoms with Crippen LogP contribution in [0.3, 0.4) is 0 Å². The van der Waals surface area contributed by atoms with E-state index < -0.39 is 11.7 Å². The monoisotopic (exact) mass is 450 g/mol. The third-order valence-electron chi connectivity index (χ3n) is 5.68. The van der Waals surface area contributed by atoms with Crippen LogP contribution in [-0.4, -0.2) is 47.3 Å². The minimum atomic E-state index is -0.519. The van der Waals surface area contributed by atoms with E-state index in [0.717, 1.165) is 43.4 Å². The first-order valence-electron chi connectivity index (χ1n) is 11.2.